The van der Waals surface area contributed by atoms with Crippen LogP contribution in [0.1, 0.15) is 31.2 Å². The van der Waals surface area contributed by atoms with Gasteiger partial charge in [0, 0.05) is 5.56 Å². The van der Waals surface area contributed by atoms with Crippen molar-refractivity contribution in [3.63, 3.8) is 0 Å². The summed E-state index contributed by atoms with van der Waals surface area (Å²) in [5.41, 5.74) is 1.41. The second-order valence-corrected chi connectivity index (χ2v) is 4.77. The minimum Gasteiger partial charge on any atom is -0.391 e. The van der Waals surface area contributed by atoms with Gasteiger partial charge in [-0.3, -0.25) is 0 Å². The fourth-order valence-electron chi connectivity index (χ4n) is 2.05. The number of hydrogen-bond donors (Lipinski definition) is 3. The van der Waals surface area contributed by atoms with E-state index >= 15 is 0 Å². The van der Waals surface area contributed by atoms with Crippen LogP contribution in [0, 0.1) is 0 Å². The standard InChI is InChI=1S/C15H26N2O/c18-13-12-16-10-6-1-2-7-11-17-14-15-8-4-3-5-9-15/h3-5,8-9,16-18H,1-2,6-7,10-14H2/p+2. The third-order valence-corrected chi connectivity index (χ3v) is 3.12. The lowest BCUT2D eigenvalue weighted by molar-refractivity contribution is -0.671. The molecule has 0 saturated heterocycles. The average Bonchev–Trinajstić information content (AvgIpc) is 2.42. The summed E-state index contributed by atoms with van der Waals surface area (Å²) in [6.07, 6.45) is 5.24. The van der Waals surface area contributed by atoms with Crippen molar-refractivity contribution < 1.29 is 15.7 Å². The molecule has 0 aliphatic carbocycles. The number of benzene rings is 1. The fourth-order valence-corrected chi connectivity index (χ4v) is 2.05. The van der Waals surface area contributed by atoms with E-state index in [1.165, 1.54) is 37.8 Å². The van der Waals surface area contributed by atoms with Gasteiger partial charge in [0.25, 0.3) is 0 Å². The molecule has 0 radical (unpaired) electrons. The van der Waals surface area contributed by atoms with Crippen molar-refractivity contribution in [2.45, 2.75) is 32.2 Å². The first-order valence-corrected chi connectivity index (χ1v) is 7.21. The van der Waals surface area contributed by atoms with Crippen molar-refractivity contribution in [2.24, 2.45) is 0 Å². The smallest absolute Gasteiger partial charge is 0.101 e. The molecule has 0 fully saturated rings. The van der Waals surface area contributed by atoms with E-state index in [4.69, 9.17) is 5.11 Å². The van der Waals surface area contributed by atoms with E-state index in [0.29, 0.717) is 6.61 Å². The maximum absolute atomic E-state index is 8.62. The van der Waals surface area contributed by atoms with Gasteiger partial charge in [-0.1, -0.05) is 30.3 Å². The number of aliphatic hydroxyl groups is 1. The van der Waals surface area contributed by atoms with Crippen LogP contribution in [0.15, 0.2) is 30.3 Å². The van der Waals surface area contributed by atoms with Crippen molar-refractivity contribution in [3.05, 3.63) is 35.9 Å². The minimum atomic E-state index is 0.300. The Kier molecular flexibility index (Phi) is 9.44. The first-order chi connectivity index (χ1) is 8.93. The fraction of sp³-hybridized carbons (Fsp3) is 0.600. The van der Waals surface area contributed by atoms with Crippen molar-refractivity contribution >= 4 is 0 Å². The zero-order valence-electron chi connectivity index (χ0n) is 11.4. The summed E-state index contributed by atoms with van der Waals surface area (Å²) in [6.45, 7) is 4.65. The number of rotatable bonds is 11. The monoisotopic (exact) mass is 252 g/mol. The van der Waals surface area contributed by atoms with Crippen LogP contribution in [-0.2, 0) is 6.54 Å². The summed E-state index contributed by atoms with van der Waals surface area (Å²) in [6, 6.07) is 10.6. The third-order valence-electron chi connectivity index (χ3n) is 3.12. The van der Waals surface area contributed by atoms with Gasteiger partial charge in [-0.15, -0.1) is 0 Å². The first kappa shape index (κ1) is 15.2. The van der Waals surface area contributed by atoms with E-state index in [-0.39, 0.29) is 0 Å². The molecule has 0 aliphatic heterocycles. The molecule has 1 rings (SSSR count). The molecule has 0 spiro atoms. The van der Waals surface area contributed by atoms with Gasteiger partial charge < -0.3 is 15.7 Å². The molecule has 1 aromatic carbocycles. The molecule has 102 valence electrons. The maximum atomic E-state index is 8.62. The number of hydrogen-bond acceptors (Lipinski definition) is 1. The van der Waals surface area contributed by atoms with Gasteiger partial charge in [-0.05, 0) is 25.7 Å². The van der Waals surface area contributed by atoms with Gasteiger partial charge >= 0.3 is 0 Å². The summed E-state index contributed by atoms with van der Waals surface area (Å²) >= 11 is 0. The quantitative estimate of drug-likeness (QED) is 0.472. The van der Waals surface area contributed by atoms with Crippen molar-refractivity contribution in [1.82, 2.24) is 0 Å². The zero-order chi connectivity index (χ0) is 12.9. The second-order valence-electron chi connectivity index (χ2n) is 4.77. The molecule has 0 unspecified atom stereocenters. The third kappa shape index (κ3) is 8.23. The Balaban J connectivity index is 1.82. The molecule has 0 aromatic heterocycles. The van der Waals surface area contributed by atoms with Crippen LogP contribution >= 0.6 is 0 Å². The minimum absolute atomic E-state index is 0.300. The average molecular weight is 252 g/mol. The maximum Gasteiger partial charge on any atom is 0.101 e. The van der Waals surface area contributed by atoms with Gasteiger partial charge in [0.15, 0.2) is 0 Å². The van der Waals surface area contributed by atoms with Crippen molar-refractivity contribution in [3.8, 4) is 0 Å². The summed E-state index contributed by atoms with van der Waals surface area (Å²) in [5.74, 6) is 0. The predicted octanol–water partition coefficient (Wildman–Crippen LogP) is -0.134. The molecular weight excluding hydrogens is 224 g/mol. The Bertz CT molecular complexity index is 277. The van der Waals surface area contributed by atoms with Gasteiger partial charge in [0.05, 0.1) is 26.2 Å². The summed E-state index contributed by atoms with van der Waals surface area (Å²) in [4.78, 5) is 0. The molecule has 0 amide bonds. The van der Waals surface area contributed by atoms with E-state index in [2.05, 4.69) is 41.0 Å². The topological polar surface area (TPSA) is 53.5 Å². The van der Waals surface area contributed by atoms with Crippen LogP contribution in [-0.4, -0.2) is 31.3 Å². The normalized spacial score (nSPS) is 10.7. The number of aliphatic hydroxyl groups excluding tert-OH is 1. The summed E-state index contributed by atoms with van der Waals surface area (Å²) < 4.78 is 0. The van der Waals surface area contributed by atoms with E-state index in [0.717, 1.165) is 19.6 Å². The lowest BCUT2D eigenvalue weighted by Gasteiger charge is -2.02. The molecule has 0 aliphatic rings. The van der Waals surface area contributed by atoms with Gasteiger partial charge in [0.2, 0.25) is 0 Å². The van der Waals surface area contributed by atoms with E-state index in [9.17, 15) is 0 Å². The van der Waals surface area contributed by atoms with Crippen LogP contribution in [0.3, 0.4) is 0 Å². The van der Waals surface area contributed by atoms with Crippen LogP contribution in [0.4, 0.5) is 0 Å². The molecule has 0 bridgehead atoms. The largest absolute Gasteiger partial charge is 0.391 e. The van der Waals surface area contributed by atoms with Crippen LogP contribution in [0.2, 0.25) is 0 Å². The van der Waals surface area contributed by atoms with Crippen molar-refractivity contribution in [1.29, 1.82) is 0 Å². The number of nitrogens with two attached hydrogens (primary N) is 2. The molecule has 0 atom stereocenters. The van der Waals surface area contributed by atoms with Crippen LogP contribution < -0.4 is 10.6 Å². The highest BCUT2D eigenvalue weighted by atomic mass is 16.3. The molecule has 3 nitrogen and oxygen atoms in total. The summed E-state index contributed by atoms with van der Waals surface area (Å²) in [5, 5.41) is 13.2. The first-order valence-electron chi connectivity index (χ1n) is 7.21. The lowest BCUT2D eigenvalue weighted by atomic mass is 10.2. The van der Waals surface area contributed by atoms with Gasteiger partial charge in [-0.2, -0.15) is 0 Å². The van der Waals surface area contributed by atoms with E-state index < -0.39 is 0 Å². The Morgan fingerprint density at radius 3 is 2.11 bits per heavy atom. The molecular formula is C15H28N2O+2. The molecule has 1 aromatic rings. The highest BCUT2D eigenvalue weighted by Gasteiger charge is 1.95. The highest BCUT2D eigenvalue weighted by molar-refractivity contribution is 5.12. The number of unbranched alkanes of at least 4 members (excludes halogenated alkanes) is 3. The Hall–Kier alpha value is -0.900. The van der Waals surface area contributed by atoms with Crippen LogP contribution in [0.5, 0.6) is 0 Å². The number of quaternary nitrogens is 2. The predicted molar refractivity (Wildman–Crippen MR) is 74.2 cm³/mol. The Labute approximate surface area is 111 Å². The van der Waals surface area contributed by atoms with Crippen LogP contribution in [0.25, 0.3) is 0 Å². The molecule has 0 saturated carbocycles. The van der Waals surface area contributed by atoms with E-state index in [1.54, 1.807) is 0 Å². The molecule has 18 heavy (non-hydrogen) atoms. The Morgan fingerprint density at radius 2 is 1.44 bits per heavy atom. The molecule has 3 heteroatoms. The Morgan fingerprint density at radius 1 is 0.778 bits per heavy atom. The molecule has 0 heterocycles. The lowest BCUT2D eigenvalue weighted by Crippen LogP contribution is -2.85. The van der Waals surface area contributed by atoms with Gasteiger partial charge in [0.1, 0.15) is 6.54 Å². The van der Waals surface area contributed by atoms with Crippen molar-refractivity contribution in [2.75, 3.05) is 26.2 Å². The SMILES string of the molecule is OCC[NH2+]CCCCCC[NH2+]Cc1ccccc1. The van der Waals surface area contributed by atoms with Gasteiger partial charge in [-0.25, -0.2) is 0 Å². The second kappa shape index (κ2) is 11.2. The highest BCUT2D eigenvalue weighted by Crippen LogP contribution is 1.96. The summed E-state index contributed by atoms with van der Waals surface area (Å²) in [7, 11) is 0. The van der Waals surface area contributed by atoms with E-state index in [1.807, 2.05) is 0 Å². The zero-order valence-corrected chi connectivity index (χ0v) is 11.4. The molecule has 5 N–H and O–H groups in total.